The maximum absolute atomic E-state index is 11.8. The minimum Gasteiger partial charge on any atom is -0.322 e. The number of hydrogen-bond acceptors (Lipinski definition) is 3. The number of aromatic amines is 2. The van der Waals surface area contributed by atoms with Gasteiger partial charge in [0.25, 0.3) is 5.91 Å². The lowest BCUT2D eigenvalue weighted by Gasteiger charge is -2.04. The fourth-order valence-electron chi connectivity index (χ4n) is 1.73. The van der Waals surface area contributed by atoms with E-state index in [1.807, 2.05) is 30.3 Å². The molecule has 94 valence electrons. The number of anilines is 1. The zero-order valence-electron chi connectivity index (χ0n) is 9.92. The third-order valence-electron chi connectivity index (χ3n) is 2.71. The standard InChI is InChI=1S/C13H11N5O/c19-13(10-7-15-16-8-10)17-11-3-1-9(2-4-11)12-5-6-14-18-12/h1-8H,(H,14,18)(H,15,16)(H,17,19). The van der Waals surface area contributed by atoms with Crippen molar-refractivity contribution in [1.29, 1.82) is 0 Å². The average molecular weight is 253 g/mol. The van der Waals surface area contributed by atoms with E-state index in [1.54, 1.807) is 12.4 Å². The zero-order chi connectivity index (χ0) is 13.1. The first-order chi connectivity index (χ1) is 9.33. The Bertz CT molecular complexity index is 656. The molecular formula is C13H11N5O. The quantitative estimate of drug-likeness (QED) is 0.667. The fourth-order valence-corrected chi connectivity index (χ4v) is 1.73. The van der Waals surface area contributed by atoms with E-state index in [-0.39, 0.29) is 5.91 Å². The second-order valence-electron chi connectivity index (χ2n) is 3.99. The summed E-state index contributed by atoms with van der Waals surface area (Å²) in [5.74, 6) is -0.192. The predicted molar refractivity (Wildman–Crippen MR) is 70.6 cm³/mol. The van der Waals surface area contributed by atoms with Gasteiger partial charge in [-0.1, -0.05) is 12.1 Å². The van der Waals surface area contributed by atoms with Gasteiger partial charge < -0.3 is 5.32 Å². The van der Waals surface area contributed by atoms with Crippen LogP contribution < -0.4 is 5.32 Å². The van der Waals surface area contributed by atoms with E-state index in [0.29, 0.717) is 5.56 Å². The van der Waals surface area contributed by atoms with Crippen molar-refractivity contribution in [3.8, 4) is 11.3 Å². The number of carbonyl (C=O) groups is 1. The number of H-pyrrole nitrogens is 2. The molecule has 2 heterocycles. The molecule has 0 radical (unpaired) electrons. The van der Waals surface area contributed by atoms with Crippen LogP contribution in [-0.4, -0.2) is 26.3 Å². The first-order valence-corrected chi connectivity index (χ1v) is 5.73. The minimum atomic E-state index is -0.192. The summed E-state index contributed by atoms with van der Waals surface area (Å²) in [7, 11) is 0. The van der Waals surface area contributed by atoms with E-state index >= 15 is 0 Å². The predicted octanol–water partition coefficient (Wildman–Crippen LogP) is 2.05. The van der Waals surface area contributed by atoms with Crippen LogP contribution in [0, 0.1) is 0 Å². The van der Waals surface area contributed by atoms with Crippen LogP contribution in [0.15, 0.2) is 48.9 Å². The molecule has 0 saturated carbocycles. The summed E-state index contributed by atoms with van der Waals surface area (Å²) >= 11 is 0. The summed E-state index contributed by atoms with van der Waals surface area (Å²) in [5, 5.41) is 15.9. The topological polar surface area (TPSA) is 86.5 Å². The van der Waals surface area contributed by atoms with E-state index in [2.05, 4.69) is 25.7 Å². The van der Waals surface area contributed by atoms with Crippen molar-refractivity contribution < 1.29 is 4.79 Å². The average Bonchev–Trinajstić information content (AvgIpc) is 3.13. The van der Waals surface area contributed by atoms with Crippen LogP contribution in [0.25, 0.3) is 11.3 Å². The molecule has 0 unspecified atom stereocenters. The first-order valence-electron chi connectivity index (χ1n) is 5.73. The van der Waals surface area contributed by atoms with Crippen LogP contribution in [0.3, 0.4) is 0 Å². The number of benzene rings is 1. The Morgan fingerprint density at radius 1 is 1.11 bits per heavy atom. The second kappa shape index (κ2) is 4.77. The van der Waals surface area contributed by atoms with E-state index in [4.69, 9.17) is 0 Å². The van der Waals surface area contributed by atoms with E-state index in [9.17, 15) is 4.79 Å². The van der Waals surface area contributed by atoms with E-state index < -0.39 is 0 Å². The summed E-state index contributed by atoms with van der Waals surface area (Å²) < 4.78 is 0. The van der Waals surface area contributed by atoms with Crippen LogP contribution in [0.5, 0.6) is 0 Å². The summed E-state index contributed by atoms with van der Waals surface area (Å²) in [5.41, 5.74) is 3.18. The molecule has 3 N–H and O–H groups in total. The molecule has 0 fully saturated rings. The number of nitrogens with one attached hydrogen (secondary N) is 3. The molecule has 3 aromatic rings. The fraction of sp³-hybridized carbons (Fsp3) is 0. The van der Waals surface area contributed by atoms with Gasteiger partial charge in [-0.3, -0.25) is 15.0 Å². The van der Waals surface area contributed by atoms with E-state index in [1.165, 1.54) is 6.20 Å². The van der Waals surface area contributed by atoms with Gasteiger partial charge in [0.15, 0.2) is 0 Å². The highest BCUT2D eigenvalue weighted by atomic mass is 16.1. The summed E-state index contributed by atoms with van der Waals surface area (Å²) in [4.78, 5) is 11.8. The number of aromatic nitrogens is 4. The summed E-state index contributed by atoms with van der Waals surface area (Å²) in [6, 6.07) is 9.40. The molecule has 0 aliphatic heterocycles. The molecule has 3 rings (SSSR count). The summed E-state index contributed by atoms with van der Waals surface area (Å²) in [6.07, 6.45) is 4.73. The first kappa shape index (κ1) is 11.2. The Balaban J connectivity index is 1.75. The van der Waals surface area contributed by atoms with Gasteiger partial charge >= 0.3 is 0 Å². The van der Waals surface area contributed by atoms with Gasteiger partial charge in [0.1, 0.15) is 0 Å². The van der Waals surface area contributed by atoms with Crippen LogP contribution >= 0.6 is 0 Å². The SMILES string of the molecule is O=C(Nc1ccc(-c2ccn[nH]2)cc1)c1cn[nH]c1. The number of rotatable bonds is 3. The van der Waals surface area contributed by atoms with Gasteiger partial charge in [-0.05, 0) is 23.8 Å². The highest BCUT2D eigenvalue weighted by Crippen LogP contribution is 2.19. The van der Waals surface area contributed by atoms with Gasteiger partial charge in [-0.2, -0.15) is 10.2 Å². The molecule has 6 heteroatoms. The molecule has 0 aliphatic rings. The number of amides is 1. The molecule has 0 spiro atoms. The zero-order valence-corrected chi connectivity index (χ0v) is 9.92. The third-order valence-corrected chi connectivity index (χ3v) is 2.71. The Morgan fingerprint density at radius 2 is 1.95 bits per heavy atom. The van der Waals surface area contributed by atoms with Crippen molar-refractivity contribution in [2.45, 2.75) is 0 Å². The highest BCUT2D eigenvalue weighted by molar-refractivity contribution is 6.03. The van der Waals surface area contributed by atoms with Gasteiger partial charge in [0.05, 0.1) is 17.5 Å². The molecule has 1 aromatic carbocycles. The van der Waals surface area contributed by atoms with Crippen molar-refractivity contribution >= 4 is 11.6 Å². The smallest absolute Gasteiger partial charge is 0.258 e. The van der Waals surface area contributed by atoms with Crippen molar-refractivity contribution in [3.63, 3.8) is 0 Å². The molecule has 6 nitrogen and oxygen atoms in total. The minimum absolute atomic E-state index is 0.192. The molecule has 1 amide bonds. The lowest BCUT2D eigenvalue weighted by Crippen LogP contribution is -2.10. The van der Waals surface area contributed by atoms with Crippen molar-refractivity contribution in [3.05, 3.63) is 54.5 Å². The van der Waals surface area contributed by atoms with Crippen LogP contribution in [0.4, 0.5) is 5.69 Å². The molecule has 0 bridgehead atoms. The molecular weight excluding hydrogens is 242 g/mol. The molecule has 0 atom stereocenters. The Labute approximate surface area is 108 Å². The van der Waals surface area contributed by atoms with E-state index in [0.717, 1.165) is 16.9 Å². The highest BCUT2D eigenvalue weighted by Gasteiger charge is 2.07. The number of carbonyl (C=O) groups excluding carboxylic acids is 1. The lowest BCUT2D eigenvalue weighted by molar-refractivity contribution is 0.102. The normalized spacial score (nSPS) is 10.3. The number of hydrogen-bond donors (Lipinski definition) is 3. The maximum Gasteiger partial charge on any atom is 0.258 e. The van der Waals surface area contributed by atoms with Gasteiger partial charge in [0, 0.05) is 18.1 Å². The lowest BCUT2D eigenvalue weighted by atomic mass is 10.1. The monoisotopic (exact) mass is 253 g/mol. The van der Waals surface area contributed by atoms with Crippen LogP contribution in [-0.2, 0) is 0 Å². The molecule has 2 aromatic heterocycles. The van der Waals surface area contributed by atoms with Crippen molar-refractivity contribution in [2.24, 2.45) is 0 Å². The van der Waals surface area contributed by atoms with Gasteiger partial charge in [-0.15, -0.1) is 0 Å². The van der Waals surface area contributed by atoms with Crippen molar-refractivity contribution in [1.82, 2.24) is 20.4 Å². The van der Waals surface area contributed by atoms with Gasteiger partial charge in [-0.25, -0.2) is 0 Å². The molecule has 0 saturated heterocycles. The second-order valence-corrected chi connectivity index (χ2v) is 3.99. The molecule has 0 aliphatic carbocycles. The largest absolute Gasteiger partial charge is 0.322 e. The third kappa shape index (κ3) is 2.37. The Hall–Kier alpha value is -2.89. The maximum atomic E-state index is 11.8. The van der Waals surface area contributed by atoms with Crippen LogP contribution in [0.2, 0.25) is 0 Å². The molecule has 19 heavy (non-hydrogen) atoms. The summed E-state index contributed by atoms with van der Waals surface area (Å²) in [6.45, 7) is 0. The van der Waals surface area contributed by atoms with Crippen LogP contribution in [0.1, 0.15) is 10.4 Å². The van der Waals surface area contributed by atoms with Crippen molar-refractivity contribution in [2.75, 3.05) is 5.32 Å². The number of nitrogens with zero attached hydrogens (tertiary/aromatic N) is 2. The van der Waals surface area contributed by atoms with Gasteiger partial charge in [0.2, 0.25) is 0 Å². The Morgan fingerprint density at radius 3 is 2.58 bits per heavy atom. The Kier molecular flexibility index (Phi) is 2.82.